The molecular weight excluding hydrogens is 316 g/mol. The van der Waals surface area contributed by atoms with Gasteiger partial charge in [-0.25, -0.2) is 17.8 Å². The fourth-order valence-corrected chi connectivity index (χ4v) is 3.74. The molecule has 1 fully saturated rings. The van der Waals surface area contributed by atoms with Crippen LogP contribution in [0.4, 0.5) is 0 Å². The number of hydrogen-bond acceptors (Lipinski definition) is 4. The second kappa shape index (κ2) is 6.80. The quantitative estimate of drug-likeness (QED) is 0.776. The first-order valence-electron chi connectivity index (χ1n) is 6.37. The zero-order valence-corrected chi connectivity index (χ0v) is 13.4. The number of morpholine rings is 1. The van der Waals surface area contributed by atoms with E-state index in [0.717, 1.165) is 0 Å². The lowest BCUT2D eigenvalue weighted by Crippen LogP contribution is -2.46. The molecule has 1 amide bonds. The fourth-order valence-electron chi connectivity index (χ4n) is 1.86. The summed E-state index contributed by atoms with van der Waals surface area (Å²) in [4.78, 5) is 16.1. The van der Waals surface area contributed by atoms with Gasteiger partial charge in [-0.15, -0.1) is 4.36 Å². The van der Waals surface area contributed by atoms with Gasteiger partial charge in [0.2, 0.25) is 0 Å². The van der Waals surface area contributed by atoms with Crippen LogP contribution >= 0.6 is 11.6 Å². The Kier molecular flexibility index (Phi) is 5.28. The highest BCUT2D eigenvalue weighted by Gasteiger charge is 2.27. The number of carbonyl (C=O) groups is 1. The number of halogens is 1. The third-order valence-corrected chi connectivity index (χ3v) is 5.67. The van der Waals surface area contributed by atoms with Crippen molar-refractivity contribution in [2.24, 2.45) is 4.36 Å². The van der Waals surface area contributed by atoms with Gasteiger partial charge in [0.05, 0.1) is 18.8 Å². The van der Waals surface area contributed by atoms with Crippen LogP contribution in [0.2, 0.25) is 5.15 Å². The zero-order chi connectivity index (χ0) is 15.5. The zero-order valence-electron chi connectivity index (χ0n) is 11.9. The molecule has 1 aromatic rings. The molecule has 2 rings (SSSR count). The van der Waals surface area contributed by atoms with E-state index >= 15 is 0 Å². The minimum atomic E-state index is -3.00. The SMILES string of the molecule is CN(C)S(=O)(=NC(=O)c1cccnc1Cl)N1CCOCC1. The van der Waals surface area contributed by atoms with E-state index in [1.54, 1.807) is 24.5 Å². The number of carbonyl (C=O) groups excluding carboxylic acids is 1. The average Bonchev–Trinajstić information content (AvgIpc) is 2.48. The van der Waals surface area contributed by atoms with Crippen molar-refractivity contribution in [3.8, 4) is 0 Å². The van der Waals surface area contributed by atoms with Crippen LogP contribution in [0.3, 0.4) is 0 Å². The van der Waals surface area contributed by atoms with E-state index in [0.29, 0.717) is 26.3 Å². The van der Waals surface area contributed by atoms with Gasteiger partial charge in [-0.05, 0) is 12.1 Å². The maximum absolute atomic E-state index is 13.1. The molecule has 0 N–H and O–H groups in total. The number of rotatable bonds is 3. The third kappa shape index (κ3) is 3.58. The molecule has 1 aromatic heterocycles. The second-order valence-corrected chi connectivity index (χ2v) is 7.28. The molecule has 1 aliphatic heterocycles. The molecule has 116 valence electrons. The van der Waals surface area contributed by atoms with Gasteiger partial charge in [-0.1, -0.05) is 11.6 Å². The topological polar surface area (TPSA) is 75.1 Å². The molecule has 1 atom stereocenters. The molecule has 0 radical (unpaired) electrons. The predicted molar refractivity (Wildman–Crippen MR) is 80.2 cm³/mol. The Morgan fingerprint density at radius 3 is 2.71 bits per heavy atom. The summed E-state index contributed by atoms with van der Waals surface area (Å²) >= 11 is 5.88. The van der Waals surface area contributed by atoms with Gasteiger partial charge in [0.15, 0.2) is 10.1 Å². The van der Waals surface area contributed by atoms with E-state index in [2.05, 4.69) is 9.35 Å². The van der Waals surface area contributed by atoms with Crippen LogP contribution in [0.25, 0.3) is 0 Å². The van der Waals surface area contributed by atoms with Crippen LogP contribution in [-0.2, 0) is 14.8 Å². The smallest absolute Gasteiger partial charge is 0.290 e. The highest BCUT2D eigenvalue weighted by molar-refractivity contribution is 7.89. The molecule has 0 aromatic carbocycles. The van der Waals surface area contributed by atoms with Gasteiger partial charge in [0, 0.05) is 33.4 Å². The largest absolute Gasteiger partial charge is 0.379 e. The molecule has 1 unspecified atom stereocenters. The molecule has 0 bridgehead atoms. The molecular formula is C12H17ClN4O3S. The number of hydrogen-bond donors (Lipinski definition) is 0. The van der Waals surface area contributed by atoms with Crippen molar-refractivity contribution in [1.82, 2.24) is 13.6 Å². The number of pyridine rings is 1. The molecule has 0 saturated carbocycles. The number of ether oxygens (including phenoxy) is 1. The maximum Gasteiger partial charge on any atom is 0.290 e. The van der Waals surface area contributed by atoms with E-state index in [9.17, 15) is 9.00 Å². The molecule has 2 heterocycles. The Balaban J connectivity index is 2.40. The summed E-state index contributed by atoms with van der Waals surface area (Å²) in [5.41, 5.74) is 0.141. The van der Waals surface area contributed by atoms with Crippen LogP contribution in [-0.4, -0.2) is 64.1 Å². The van der Waals surface area contributed by atoms with Crippen molar-refractivity contribution in [2.75, 3.05) is 40.4 Å². The average molecular weight is 333 g/mol. The number of amides is 1. The van der Waals surface area contributed by atoms with Gasteiger partial charge >= 0.3 is 0 Å². The Bertz CT molecular complexity index is 637. The first-order valence-corrected chi connectivity index (χ1v) is 8.18. The lowest BCUT2D eigenvalue weighted by atomic mass is 10.3. The summed E-state index contributed by atoms with van der Waals surface area (Å²) in [5.74, 6) is -0.640. The molecule has 0 spiro atoms. The minimum absolute atomic E-state index is 0.0498. The van der Waals surface area contributed by atoms with E-state index in [1.165, 1.54) is 16.6 Å². The monoisotopic (exact) mass is 332 g/mol. The second-order valence-electron chi connectivity index (χ2n) is 4.56. The van der Waals surface area contributed by atoms with E-state index in [-0.39, 0.29) is 10.7 Å². The summed E-state index contributed by atoms with van der Waals surface area (Å²) in [5, 5.41) is 0.0498. The van der Waals surface area contributed by atoms with Crippen molar-refractivity contribution in [3.63, 3.8) is 0 Å². The van der Waals surface area contributed by atoms with Crippen LogP contribution in [0, 0.1) is 0 Å². The van der Waals surface area contributed by atoms with E-state index < -0.39 is 16.0 Å². The van der Waals surface area contributed by atoms with Crippen molar-refractivity contribution in [1.29, 1.82) is 0 Å². The standard InChI is InChI=1S/C12H17ClN4O3S/c1-16(2)21(19,17-6-8-20-9-7-17)15-12(18)10-4-3-5-14-11(10)13/h3-5H,6-9H2,1-2H3. The Morgan fingerprint density at radius 2 is 2.14 bits per heavy atom. The first kappa shape index (κ1) is 16.3. The number of nitrogens with zero attached hydrogens (tertiary/aromatic N) is 4. The number of aromatic nitrogens is 1. The Morgan fingerprint density at radius 1 is 1.48 bits per heavy atom. The highest BCUT2D eigenvalue weighted by atomic mass is 35.5. The molecule has 0 aliphatic carbocycles. The van der Waals surface area contributed by atoms with Gasteiger partial charge in [-0.2, -0.15) is 0 Å². The lowest BCUT2D eigenvalue weighted by Gasteiger charge is -2.31. The van der Waals surface area contributed by atoms with Gasteiger partial charge < -0.3 is 4.74 Å². The first-order chi connectivity index (χ1) is 9.95. The van der Waals surface area contributed by atoms with Crippen molar-refractivity contribution in [2.45, 2.75) is 0 Å². The van der Waals surface area contributed by atoms with Crippen LogP contribution in [0.1, 0.15) is 10.4 Å². The van der Waals surface area contributed by atoms with E-state index in [4.69, 9.17) is 16.3 Å². The van der Waals surface area contributed by atoms with Crippen LogP contribution in [0.15, 0.2) is 22.7 Å². The summed E-state index contributed by atoms with van der Waals surface area (Å²) in [6.07, 6.45) is 1.48. The summed E-state index contributed by atoms with van der Waals surface area (Å²) in [7, 11) is 0.253. The summed E-state index contributed by atoms with van der Waals surface area (Å²) in [6.45, 7) is 1.83. The highest BCUT2D eigenvalue weighted by Crippen LogP contribution is 2.17. The van der Waals surface area contributed by atoms with Crippen molar-refractivity contribution < 1.29 is 13.7 Å². The predicted octanol–water partition coefficient (Wildman–Crippen LogP) is 1.07. The Labute approximate surface area is 129 Å². The third-order valence-electron chi connectivity index (χ3n) is 2.97. The molecule has 1 aliphatic rings. The lowest BCUT2D eigenvalue weighted by molar-refractivity contribution is 0.0725. The minimum Gasteiger partial charge on any atom is -0.379 e. The van der Waals surface area contributed by atoms with E-state index in [1.807, 2.05) is 0 Å². The van der Waals surface area contributed by atoms with Gasteiger partial charge in [0.25, 0.3) is 5.91 Å². The maximum atomic E-state index is 13.1. The summed E-state index contributed by atoms with van der Waals surface area (Å²) < 4.78 is 25.3. The van der Waals surface area contributed by atoms with Gasteiger partial charge in [0.1, 0.15) is 5.15 Å². The fraction of sp³-hybridized carbons (Fsp3) is 0.500. The van der Waals surface area contributed by atoms with Crippen LogP contribution in [0.5, 0.6) is 0 Å². The van der Waals surface area contributed by atoms with Crippen LogP contribution < -0.4 is 0 Å². The van der Waals surface area contributed by atoms with Crippen molar-refractivity contribution >= 4 is 27.6 Å². The normalized spacial score (nSPS) is 19.2. The van der Waals surface area contributed by atoms with Gasteiger partial charge in [-0.3, -0.25) is 4.79 Å². The molecule has 1 saturated heterocycles. The molecule has 21 heavy (non-hydrogen) atoms. The van der Waals surface area contributed by atoms with Crippen molar-refractivity contribution in [3.05, 3.63) is 29.0 Å². The summed E-state index contributed by atoms with van der Waals surface area (Å²) in [6, 6.07) is 3.09. The Hall–Kier alpha value is -1.06. The molecule has 7 nitrogen and oxygen atoms in total. The molecule has 9 heteroatoms.